The van der Waals surface area contributed by atoms with Crippen molar-refractivity contribution in [2.24, 2.45) is 0 Å². The molecular weight excluding hydrogens is 284 g/mol. The van der Waals surface area contributed by atoms with Crippen LogP contribution in [0.1, 0.15) is 16.7 Å². The Bertz CT molecular complexity index is 629. The van der Waals surface area contributed by atoms with Gasteiger partial charge in [0.15, 0.2) is 14.7 Å². The van der Waals surface area contributed by atoms with E-state index in [1.807, 2.05) is 0 Å². The fourth-order valence-electron chi connectivity index (χ4n) is 2.43. The molecule has 0 unspecified atom stereocenters. The molecule has 3 aromatic rings. The summed E-state index contributed by atoms with van der Waals surface area (Å²) in [6.07, 6.45) is 0. The third-order valence-corrected chi connectivity index (χ3v) is 6.00. The average molecular weight is 305 g/mol. The van der Waals surface area contributed by atoms with Gasteiger partial charge in [-0.2, -0.15) is 0 Å². The first-order chi connectivity index (χ1) is 10.6. The molecule has 1 heteroatoms. The maximum absolute atomic E-state index is 2.26. The summed E-state index contributed by atoms with van der Waals surface area (Å²) < 4.78 is 0. The minimum Gasteiger partial charge on any atom is -0.0543 e. The standard InChI is InChI=1S/C21H21S/c1-16-4-10-19(11-5-16)22(20-12-6-17(2)7-13-20)21-14-8-18(3)9-15-21/h4-15H,1-3H3/q+1. The number of benzene rings is 3. The van der Waals surface area contributed by atoms with Gasteiger partial charge < -0.3 is 0 Å². The molecular formula is C21H21S+. The van der Waals surface area contributed by atoms with Crippen molar-refractivity contribution in [3.8, 4) is 0 Å². The van der Waals surface area contributed by atoms with E-state index in [4.69, 9.17) is 0 Å². The smallest absolute Gasteiger partial charge is 0.0543 e. The first kappa shape index (κ1) is 14.9. The molecule has 0 amide bonds. The van der Waals surface area contributed by atoms with E-state index in [2.05, 4.69) is 93.6 Å². The van der Waals surface area contributed by atoms with Gasteiger partial charge in [-0.25, -0.2) is 0 Å². The van der Waals surface area contributed by atoms with E-state index in [1.165, 1.54) is 31.4 Å². The number of aryl methyl sites for hydroxylation is 3. The van der Waals surface area contributed by atoms with Gasteiger partial charge in [0.05, 0.1) is 10.9 Å². The van der Waals surface area contributed by atoms with Crippen molar-refractivity contribution in [3.05, 3.63) is 89.5 Å². The van der Waals surface area contributed by atoms with Crippen molar-refractivity contribution in [2.75, 3.05) is 0 Å². The van der Waals surface area contributed by atoms with Gasteiger partial charge in [0, 0.05) is 0 Å². The third-order valence-electron chi connectivity index (χ3n) is 3.77. The largest absolute Gasteiger partial charge is 0.166 e. The third kappa shape index (κ3) is 3.26. The molecule has 0 saturated heterocycles. The van der Waals surface area contributed by atoms with Crippen LogP contribution in [-0.4, -0.2) is 0 Å². The number of hydrogen-bond acceptors (Lipinski definition) is 0. The molecule has 0 aliphatic rings. The molecule has 0 fully saturated rings. The van der Waals surface area contributed by atoms with Crippen LogP contribution < -0.4 is 0 Å². The van der Waals surface area contributed by atoms with E-state index < -0.39 is 0 Å². The Morgan fingerprint density at radius 1 is 0.409 bits per heavy atom. The number of hydrogen-bond donors (Lipinski definition) is 0. The molecule has 0 saturated carbocycles. The van der Waals surface area contributed by atoms with E-state index in [9.17, 15) is 0 Å². The van der Waals surface area contributed by atoms with Crippen LogP contribution in [0.25, 0.3) is 0 Å². The highest BCUT2D eigenvalue weighted by molar-refractivity contribution is 7.97. The quantitative estimate of drug-likeness (QED) is 0.544. The van der Waals surface area contributed by atoms with Crippen LogP contribution in [0.15, 0.2) is 87.5 Å². The summed E-state index contributed by atoms with van der Waals surface area (Å²) in [5.41, 5.74) is 3.92. The molecule has 0 aliphatic heterocycles. The van der Waals surface area contributed by atoms with E-state index in [0.717, 1.165) is 0 Å². The van der Waals surface area contributed by atoms with Gasteiger partial charge in [-0.15, -0.1) is 0 Å². The van der Waals surface area contributed by atoms with Crippen molar-refractivity contribution < 1.29 is 0 Å². The first-order valence-electron chi connectivity index (χ1n) is 7.58. The van der Waals surface area contributed by atoms with Crippen LogP contribution in [0, 0.1) is 20.8 Å². The highest BCUT2D eigenvalue weighted by atomic mass is 32.2. The lowest BCUT2D eigenvalue weighted by Crippen LogP contribution is -2.04. The van der Waals surface area contributed by atoms with Gasteiger partial charge in [0.25, 0.3) is 0 Å². The summed E-state index contributed by atoms with van der Waals surface area (Å²) in [4.78, 5) is 4.12. The highest BCUT2D eigenvalue weighted by Gasteiger charge is 2.28. The second-order valence-electron chi connectivity index (χ2n) is 5.75. The summed E-state index contributed by atoms with van der Waals surface area (Å²) >= 11 is 0. The van der Waals surface area contributed by atoms with Crippen molar-refractivity contribution in [1.82, 2.24) is 0 Å². The lowest BCUT2D eigenvalue weighted by Gasteiger charge is -2.09. The molecule has 0 nitrogen and oxygen atoms in total. The molecule has 0 aromatic heterocycles. The van der Waals surface area contributed by atoms with Crippen molar-refractivity contribution >= 4 is 10.9 Å². The first-order valence-corrected chi connectivity index (χ1v) is 8.80. The van der Waals surface area contributed by atoms with E-state index >= 15 is 0 Å². The average Bonchev–Trinajstić information content (AvgIpc) is 2.53. The summed E-state index contributed by atoms with van der Waals surface area (Å²) in [5, 5.41) is 0. The zero-order valence-corrected chi connectivity index (χ0v) is 14.2. The van der Waals surface area contributed by atoms with Gasteiger partial charge in [0.1, 0.15) is 0 Å². The Kier molecular flexibility index (Phi) is 4.35. The molecule has 3 aromatic carbocycles. The summed E-state index contributed by atoms with van der Waals surface area (Å²) in [5.74, 6) is 0. The van der Waals surface area contributed by atoms with Crippen molar-refractivity contribution in [2.45, 2.75) is 35.5 Å². The Morgan fingerprint density at radius 3 is 0.864 bits per heavy atom. The molecule has 0 heterocycles. The molecule has 0 spiro atoms. The molecule has 22 heavy (non-hydrogen) atoms. The Morgan fingerprint density at radius 2 is 0.636 bits per heavy atom. The van der Waals surface area contributed by atoms with Crippen LogP contribution in [0.4, 0.5) is 0 Å². The molecule has 0 aliphatic carbocycles. The van der Waals surface area contributed by atoms with Crippen molar-refractivity contribution in [3.63, 3.8) is 0 Å². The minimum absolute atomic E-state index is 0.0394. The van der Waals surface area contributed by atoms with Crippen LogP contribution in [0.3, 0.4) is 0 Å². The van der Waals surface area contributed by atoms with Crippen LogP contribution in [-0.2, 0) is 10.9 Å². The molecule has 3 rings (SSSR count). The highest BCUT2D eigenvalue weighted by Crippen LogP contribution is 2.31. The fourth-order valence-corrected chi connectivity index (χ4v) is 4.47. The fraction of sp³-hybridized carbons (Fsp3) is 0.143. The Hall–Kier alpha value is -1.99. The lowest BCUT2D eigenvalue weighted by molar-refractivity contribution is 1.28. The SMILES string of the molecule is Cc1ccc([S+](c2ccc(C)cc2)c2ccc(C)cc2)cc1. The van der Waals surface area contributed by atoms with Gasteiger partial charge in [0.2, 0.25) is 0 Å². The second kappa shape index (κ2) is 6.41. The van der Waals surface area contributed by atoms with Crippen LogP contribution in [0.2, 0.25) is 0 Å². The second-order valence-corrected chi connectivity index (χ2v) is 7.77. The summed E-state index contributed by atoms with van der Waals surface area (Å²) in [6, 6.07) is 26.8. The molecule has 0 bridgehead atoms. The van der Waals surface area contributed by atoms with Crippen molar-refractivity contribution in [1.29, 1.82) is 0 Å². The molecule has 0 N–H and O–H groups in total. The summed E-state index contributed by atoms with van der Waals surface area (Å²) in [7, 11) is -0.0394. The minimum atomic E-state index is -0.0394. The zero-order chi connectivity index (χ0) is 15.5. The predicted molar refractivity (Wildman–Crippen MR) is 95.7 cm³/mol. The normalized spacial score (nSPS) is 10.9. The van der Waals surface area contributed by atoms with Gasteiger partial charge in [-0.3, -0.25) is 0 Å². The molecule has 110 valence electrons. The van der Waals surface area contributed by atoms with E-state index in [1.54, 1.807) is 0 Å². The van der Waals surface area contributed by atoms with Gasteiger partial charge in [-0.1, -0.05) is 53.1 Å². The van der Waals surface area contributed by atoms with Gasteiger partial charge in [-0.05, 0) is 57.2 Å². The number of rotatable bonds is 3. The topological polar surface area (TPSA) is 0 Å². The lowest BCUT2D eigenvalue weighted by atomic mass is 10.2. The monoisotopic (exact) mass is 305 g/mol. The van der Waals surface area contributed by atoms with Crippen LogP contribution >= 0.6 is 0 Å². The maximum atomic E-state index is 2.26. The molecule has 0 radical (unpaired) electrons. The van der Waals surface area contributed by atoms with E-state index in [0.29, 0.717) is 0 Å². The Labute approximate surface area is 136 Å². The van der Waals surface area contributed by atoms with E-state index in [-0.39, 0.29) is 10.9 Å². The Balaban J connectivity index is 2.10. The van der Waals surface area contributed by atoms with Gasteiger partial charge >= 0.3 is 0 Å². The predicted octanol–water partition coefficient (Wildman–Crippen LogP) is 5.71. The molecule has 0 atom stereocenters. The summed E-state index contributed by atoms with van der Waals surface area (Å²) in [6.45, 7) is 6.42. The van der Waals surface area contributed by atoms with Crippen LogP contribution in [0.5, 0.6) is 0 Å². The zero-order valence-electron chi connectivity index (χ0n) is 13.3. The maximum Gasteiger partial charge on any atom is 0.166 e.